The van der Waals surface area contributed by atoms with Crippen molar-refractivity contribution < 1.29 is 19.1 Å². The maximum absolute atomic E-state index is 11.2. The van der Waals surface area contributed by atoms with Crippen LogP contribution in [0.15, 0.2) is 0 Å². The fourth-order valence-corrected chi connectivity index (χ4v) is 2.70. The smallest absolute Gasteiger partial charge is 0.305 e. The van der Waals surface area contributed by atoms with Gasteiger partial charge >= 0.3 is 11.9 Å². The minimum atomic E-state index is -0.106. The van der Waals surface area contributed by atoms with E-state index >= 15 is 0 Å². The summed E-state index contributed by atoms with van der Waals surface area (Å²) in [6, 6.07) is 0. The number of carbonyl (C=O) groups is 2. The third kappa shape index (κ3) is 11.6. The lowest BCUT2D eigenvalue weighted by Crippen LogP contribution is -2.12. The Labute approximate surface area is 135 Å². The Balaban J connectivity index is 3.60. The van der Waals surface area contributed by atoms with Gasteiger partial charge in [-0.2, -0.15) is 0 Å². The van der Waals surface area contributed by atoms with Crippen molar-refractivity contribution in [2.45, 2.75) is 78.1 Å². The highest BCUT2D eigenvalue weighted by Crippen LogP contribution is 2.24. The Morgan fingerprint density at radius 1 is 0.727 bits per heavy atom. The minimum absolute atomic E-state index is 0.101. The normalized spacial score (nSPS) is 12.2. The van der Waals surface area contributed by atoms with E-state index in [0.29, 0.717) is 24.7 Å². The molecule has 0 aliphatic heterocycles. The molecular formula is C18H34O4. The molecule has 1 unspecified atom stereocenters. The molecular weight excluding hydrogens is 280 g/mol. The van der Waals surface area contributed by atoms with Crippen LogP contribution in [0.2, 0.25) is 0 Å². The zero-order valence-electron chi connectivity index (χ0n) is 14.9. The lowest BCUT2D eigenvalue weighted by Gasteiger charge is -2.20. The van der Waals surface area contributed by atoms with Crippen LogP contribution >= 0.6 is 0 Å². The number of hydrogen-bond donors (Lipinski definition) is 0. The van der Waals surface area contributed by atoms with Crippen molar-refractivity contribution in [3.8, 4) is 0 Å². The molecule has 1 atom stereocenters. The van der Waals surface area contributed by atoms with Gasteiger partial charge in [0.05, 0.1) is 14.2 Å². The van der Waals surface area contributed by atoms with Crippen LogP contribution in [0, 0.1) is 11.8 Å². The van der Waals surface area contributed by atoms with Gasteiger partial charge in [0.1, 0.15) is 0 Å². The predicted molar refractivity (Wildman–Crippen MR) is 88.5 cm³/mol. The average molecular weight is 314 g/mol. The summed E-state index contributed by atoms with van der Waals surface area (Å²) in [5.41, 5.74) is 0. The Kier molecular flexibility index (Phi) is 12.9. The van der Waals surface area contributed by atoms with Gasteiger partial charge in [-0.15, -0.1) is 0 Å². The predicted octanol–water partition coefficient (Wildman–Crippen LogP) is 4.51. The maximum atomic E-state index is 11.2. The highest BCUT2D eigenvalue weighted by molar-refractivity contribution is 5.69. The number of unbranched alkanes of at least 4 members (excludes halogenated alkanes) is 5. The van der Waals surface area contributed by atoms with E-state index in [9.17, 15) is 9.59 Å². The summed E-state index contributed by atoms with van der Waals surface area (Å²) in [4.78, 5) is 22.2. The van der Waals surface area contributed by atoms with E-state index in [1.165, 1.54) is 46.3 Å². The van der Waals surface area contributed by atoms with Gasteiger partial charge in [-0.05, 0) is 24.7 Å². The summed E-state index contributed by atoms with van der Waals surface area (Å²) in [5.74, 6) is 1.02. The van der Waals surface area contributed by atoms with Gasteiger partial charge in [-0.1, -0.05) is 52.4 Å². The molecule has 0 aromatic carbocycles. The Morgan fingerprint density at radius 3 is 1.77 bits per heavy atom. The summed E-state index contributed by atoms with van der Waals surface area (Å²) in [5, 5.41) is 0. The van der Waals surface area contributed by atoms with Gasteiger partial charge in [-0.3, -0.25) is 9.59 Å². The molecule has 130 valence electrons. The Hall–Kier alpha value is -1.06. The first-order valence-electron chi connectivity index (χ1n) is 8.64. The monoisotopic (exact) mass is 314 g/mol. The zero-order valence-corrected chi connectivity index (χ0v) is 14.9. The lowest BCUT2D eigenvalue weighted by molar-refractivity contribution is -0.141. The van der Waals surface area contributed by atoms with Crippen molar-refractivity contribution >= 4 is 11.9 Å². The van der Waals surface area contributed by atoms with Gasteiger partial charge in [0.2, 0.25) is 0 Å². The summed E-state index contributed by atoms with van der Waals surface area (Å²) in [6.07, 6.45) is 10.1. The largest absolute Gasteiger partial charge is 0.469 e. The quantitative estimate of drug-likeness (QED) is 0.371. The first kappa shape index (κ1) is 20.9. The topological polar surface area (TPSA) is 52.6 Å². The minimum Gasteiger partial charge on any atom is -0.469 e. The van der Waals surface area contributed by atoms with Gasteiger partial charge in [0.25, 0.3) is 0 Å². The van der Waals surface area contributed by atoms with Gasteiger partial charge < -0.3 is 9.47 Å². The summed E-state index contributed by atoms with van der Waals surface area (Å²) >= 11 is 0. The highest BCUT2D eigenvalue weighted by Gasteiger charge is 2.15. The first-order valence-corrected chi connectivity index (χ1v) is 8.64. The first-order chi connectivity index (χ1) is 10.5. The number of carbonyl (C=O) groups excluding carboxylic acids is 2. The van der Waals surface area contributed by atoms with Crippen molar-refractivity contribution in [2.75, 3.05) is 14.2 Å². The third-order valence-corrected chi connectivity index (χ3v) is 4.32. The van der Waals surface area contributed by atoms with Gasteiger partial charge in [-0.25, -0.2) is 0 Å². The lowest BCUT2D eigenvalue weighted by atomic mass is 9.86. The van der Waals surface area contributed by atoms with Crippen LogP contribution in [0.4, 0.5) is 0 Å². The molecule has 0 spiro atoms. The molecule has 0 heterocycles. The second kappa shape index (κ2) is 13.6. The number of methoxy groups -OCH3 is 2. The number of esters is 2. The van der Waals surface area contributed by atoms with E-state index in [-0.39, 0.29) is 11.9 Å². The molecule has 0 amide bonds. The molecule has 0 bridgehead atoms. The number of ether oxygens (including phenoxy) is 2. The molecule has 0 rings (SSSR count). The van der Waals surface area contributed by atoms with E-state index in [1.807, 2.05) is 0 Å². The highest BCUT2D eigenvalue weighted by atomic mass is 16.5. The molecule has 0 aromatic rings. The van der Waals surface area contributed by atoms with E-state index in [1.54, 1.807) is 0 Å². The van der Waals surface area contributed by atoms with Crippen molar-refractivity contribution in [3.63, 3.8) is 0 Å². The van der Waals surface area contributed by atoms with E-state index < -0.39 is 0 Å². The van der Waals surface area contributed by atoms with E-state index in [0.717, 1.165) is 19.3 Å². The van der Waals surface area contributed by atoms with Crippen molar-refractivity contribution in [3.05, 3.63) is 0 Å². The SMILES string of the molecule is COC(=O)CCCCCCCCC(CCC(=O)OC)C(C)C. The van der Waals surface area contributed by atoms with E-state index in [4.69, 9.17) is 4.74 Å². The summed E-state index contributed by atoms with van der Waals surface area (Å²) in [7, 11) is 2.89. The van der Waals surface area contributed by atoms with Gasteiger partial charge in [0, 0.05) is 12.8 Å². The third-order valence-electron chi connectivity index (χ3n) is 4.32. The molecule has 0 aliphatic carbocycles. The van der Waals surface area contributed by atoms with Crippen molar-refractivity contribution in [2.24, 2.45) is 11.8 Å². The second-order valence-electron chi connectivity index (χ2n) is 6.36. The molecule has 0 fully saturated rings. The second-order valence-corrected chi connectivity index (χ2v) is 6.36. The molecule has 0 N–H and O–H groups in total. The van der Waals surface area contributed by atoms with Crippen molar-refractivity contribution in [1.29, 1.82) is 0 Å². The average Bonchev–Trinajstić information content (AvgIpc) is 2.51. The Bertz CT molecular complexity index is 299. The molecule has 0 aromatic heterocycles. The van der Waals surface area contributed by atoms with Crippen LogP contribution in [0.25, 0.3) is 0 Å². The maximum Gasteiger partial charge on any atom is 0.305 e. The van der Waals surface area contributed by atoms with Crippen LogP contribution in [-0.4, -0.2) is 26.2 Å². The van der Waals surface area contributed by atoms with Crippen LogP contribution < -0.4 is 0 Å². The fraction of sp³-hybridized carbons (Fsp3) is 0.889. The summed E-state index contributed by atoms with van der Waals surface area (Å²) in [6.45, 7) is 4.46. The summed E-state index contributed by atoms with van der Waals surface area (Å²) < 4.78 is 9.33. The molecule has 0 saturated heterocycles. The van der Waals surface area contributed by atoms with Crippen molar-refractivity contribution in [1.82, 2.24) is 0 Å². The standard InChI is InChI=1S/C18H34O4/c1-15(2)16(13-14-18(20)22-4)11-9-7-5-6-8-10-12-17(19)21-3/h15-16H,5-14H2,1-4H3. The molecule has 0 saturated carbocycles. The molecule has 22 heavy (non-hydrogen) atoms. The van der Waals surface area contributed by atoms with Crippen LogP contribution in [0.3, 0.4) is 0 Å². The number of hydrogen-bond acceptors (Lipinski definition) is 4. The van der Waals surface area contributed by atoms with Gasteiger partial charge in [0.15, 0.2) is 0 Å². The number of rotatable bonds is 13. The molecule has 0 aliphatic rings. The molecule has 0 radical (unpaired) electrons. The van der Waals surface area contributed by atoms with Crippen LogP contribution in [-0.2, 0) is 19.1 Å². The molecule has 4 nitrogen and oxygen atoms in total. The van der Waals surface area contributed by atoms with Crippen LogP contribution in [0.1, 0.15) is 78.1 Å². The Morgan fingerprint density at radius 2 is 1.23 bits per heavy atom. The zero-order chi connectivity index (χ0) is 16.8. The molecule has 4 heteroatoms. The van der Waals surface area contributed by atoms with E-state index in [2.05, 4.69) is 18.6 Å². The fourth-order valence-electron chi connectivity index (χ4n) is 2.70. The van der Waals surface area contributed by atoms with Crippen LogP contribution in [0.5, 0.6) is 0 Å².